The molecule has 7 nitrogen and oxygen atoms in total. The van der Waals surface area contributed by atoms with E-state index in [4.69, 9.17) is 7.10 Å². The number of aryl methyl sites for hydroxylation is 2. The van der Waals surface area contributed by atoms with E-state index in [1.165, 1.54) is 6.21 Å². The first-order valence-corrected chi connectivity index (χ1v) is 9.98. The molecule has 0 radical (unpaired) electrons. The van der Waals surface area contributed by atoms with Gasteiger partial charge in [0.05, 0.1) is 17.8 Å². The Bertz CT molecular complexity index is 1080. The summed E-state index contributed by atoms with van der Waals surface area (Å²) in [5.41, 5.74) is 5.69. The van der Waals surface area contributed by atoms with Crippen molar-refractivity contribution >= 4 is 6.21 Å². The highest BCUT2D eigenvalue weighted by Crippen LogP contribution is 2.44. The minimum Gasteiger partial charge on any atom is -0.383 e. The van der Waals surface area contributed by atoms with Gasteiger partial charge in [-0.05, 0) is 31.9 Å². The highest BCUT2D eigenvalue weighted by atomic mass is 19.4. The number of fused-ring (bicyclic) bond motifs is 2. The van der Waals surface area contributed by atoms with E-state index in [9.17, 15) is 13.2 Å². The maximum Gasteiger partial charge on any atom is 0.416 e. The maximum absolute atomic E-state index is 13.3. The van der Waals surface area contributed by atoms with Crippen LogP contribution in [0.15, 0.2) is 34.8 Å². The van der Waals surface area contributed by atoms with Crippen molar-refractivity contribution in [1.29, 1.82) is 0 Å². The van der Waals surface area contributed by atoms with Crippen molar-refractivity contribution < 1.29 is 14.5 Å². The van der Waals surface area contributed by atoms with E-state index in [0.29, 0.717) is 12.2 Å². The van der Waals surface area contributed by atoms with Crippen LogP contribution in [0.25, 0.3) is 0 Å². The normalized spacial score (nSPS) is 29.8. The number of alkyl halides is 3. The Kier molecular flexibility index (Phi) is 4.06. The molecule has 2 aromatic heterocycles. The van der Waals surface area contributed by atoms with Gasteiger partial charge in [0, 0.05) is 57.1 Å². The Morgan fingerprint density at radius 3 is 2.87 bits per heavy atom. The van der Waals surface area contributed by atoms with Gasteiger partial charge < -0.3 is 10.3 Å². The zero-order valence-electron chi connectivity index (χ0n) is 17.7. The number of nitrogens with zero attached hydrogens (tertiary/aromatic N) is 6. The molecule has 10 heteroatoms. The first-order chi connectivity index (χ1) is 14.6. The van der Waals surface area contributed by atoms with Crippen LogP contribution in [0.4, 0.5) is 13.2 Å². The molecule has 0 bridgehead atoms. The predicted molar refractivity (Wildman–Crippen MR) is 105 cm³/mol. The minimum absolute atomic E-state index is 0.0969. The van der Waals surface area contributed by atoms with Crippen LogP contribution in [0.5, 0.6) is 0 Å². The number of aliphatic imine (C=N–C) groups is 1. The minimum atomic E-state index is -4.62. The van der Waals surface area contributed by atoms with Crippen LogP contribution in [0.2, 0.25) is 0 Å². The fourth-order valence-corrected chi connectivity index (χ4v) is 4.83. The zero-order valence-corrected chi connectivity index (χ0v) is 16.7. The summed E-state index contributed by atoms with van der Waals surface area (Å²) >= 11 is 0. The van der Waals surface area contributed by atoms with E-state index in [1.54, 1.807) is 6.20 Å². The van der Waals surface area contributed by atoms with Crippen molar-refractivity contribution in [3.05, 3.63) is 47.1 Å². The Balaban J connectivity index is 1.39. The molecule has 3 aliphatic heterocycles. The molecule has 1 unspecified atom stereocenters. The molecule has 0 amide bonds. The molecule has 2 aromatic rings. The van der Waals surface area contributed by atoms with Gasteiger partial charge in [0.1, 0.15) is 11.6 Å². The number of hydrogen-bond donors (Lipinski definition) is 1. The fraction of sp³-hybridized carbons (Fsp3) is 0.550. The first-order valence-electron chi connectivity index (χ1n) is 10.5. The molecule has 3 aliphatic rings. The lowest BCUT2D eigenvalue weighted by Gasteiger charge is -2.23. The number of hydrogen-bond acceptors (Lipinski definition) is 5. The Morgan fingerprint density at radius 2 is 2.13 bits per heavy atom. The molecule has 1 spiro atoms. The number of imidazole rings is 1. The first kappa shape index (κ1) is 18.2. The molecule has 30 heavy (non-hydrogen) atoms. The second-order valence-corrected chi connectivity index (χ2v) is 8.41. The number of allylic oxidation sites excluding steroid dienone is 1. The van der Waals surface area contributed by atoms with Crippen LogP contribution in [0, 0.1) is 0 Å². The number of aromatic nitrogens is 4. The van der Waals surface area contributed by atoms with Gasteiger partial charge in [0.15, 0.2) is 0 Å². The van der Waals surface area contributed by atoms with Gasteiger partial charge in [-0.2, -0.15) is 18.3 Å². The third-order valence-corrected chi connectivity index (χ3v) is 6.55. The van der Waals surface area contributed by atoms with Crippen molar-refractivity contribution in [3.8, 4) is 0 Å². The third-order valence-electron chi connectivity index (χ3n) is 6.55. The van der Waals surface area contributed by atoms with E-state index in [-0.39, 0.29) is 5.41 Å². The molecular formula is C20H24F3N7. The maximum atomic E-state index is 13.3. The van der Waals surface area contributed by atoms with Crippen LogP contribution in [-0.4, -0.2) is 49.7 Å². The molecule has 2 atom stereocenters. The third kappa shape index (κ3) is 3.13. The number of likely N-dealkylation sites (tertiary alicyclic amines) is 1. The van der Waals surface area contributed by atoms with Gasteiger partial charge in [0.25, 0.3) is 0 Å². The van der Waals surface area contributed by atoms with Gasteiger partial charge >= 0.3 is 6.18 Å². The van der Waals surface area contributed by atoms with E-state index in [2.05, 4.69) is 20.0 Å². The summed E-state index contributed by atoms with van der Waals surface area (Å²) in [4.78, 5) is 10.5. The van der Waals surface area contributed by atoms with Crippen LogP contribution in [-0.2, 0) is 25.6 Å². The lowest BCUT2D eigenvalue weighted by molar-refractivity contribution is -0.0953. The van der Waals surface area contributed by atoms with Crippen LogP contribution < -0.4 is 5.73 Å². The molecule has 5 rings (SSSR count). The number of rotatable bonds is 3. The second-order valence-electron chi connectivity index (χ2n) is 8.41. The fourth-order valence-electron chi connectivity index (χ4n) is 4.83. The molecular weight excluding hydrogens is 395 g/mol. The van der Waals surface area contributed by atoms with Gasteiger partial charge in [-0.25, -0.2) is 9.98 Å². The second kappa shape index (κ2) is 6.69. The number of halogens is 3. The van der Waals surface area contributed by atoms with E-state index in [0.717, 1.165) is 44.0 Å². The summed E-state index contributed by atoms with van der Waals surface area (Å²) < 4.78 is 52.6. The predicted octanol–water partition coefficient (Wildman–Crippen LogP) is 2.45. The molecule has 1 fully saturated rings. The van der Waals surface area contributed by atoms with E-state index < -0.39 is 29.9 Å². The zero-order chi connectivity index (χ0) is 22.0. The molecule has 5 heterocycles. The van der Waals surface area contributed by atoms with E-state index >= 15 is 0 Å². The van der Waals surface area contributed by atoms with Crippen LogP contribution in [0.1, 0.15) is 43.7 Å². The molecule has 0 aromatic carbocycles. The molecule has 0 aliphatic carbocycles. The summed E-state index contributed by atoms with van der Waals surface area (Å²) in [5, 5.41) is 4.53. The Morgan fingerprint density at radius 1 is 1.33 bits per heavy atom. The topological polar surface area (TPSA) is 77.3 Å². The lowest BCUT2D eigenvalue weighted by atomic mass is 9.82. The highest BCUT2D eigenvalue weighted by Gasteiger charge is 2.46. The van der Waals surface area contributed by atoms with Gasteiger partial charge in [-0.3, -0.25) is 9.58 Å². The Hall–Kier alpha value is -2.62. The number of nitrogens with two attached hydrogens (primary N) is 1. The summed E-state index contributed by atoms with van der Waals surface area (Å²) in [6.07, 6.45) is 1.58. The lowest BCUT2D eigenvalue weighted by Crippen LogP contribution is -2.29. The van der Waals surface area contributed by atoms with Gasteiger partial charge in [0.2, 0.25) is 0 Å². The van der Waals surface area contributed by atoms with Crippen molar-refractivity contribution in [2.45, 2.75) is 49.8 Å². The van der Waals surface area contributed by atoms with Crippen molar-refractivity contribution in [1.82, 2.24) is 24.2 Å². The molecule has 1 saturated heterocycles. The molecule has 160 valence electrons. The average Bonchev–Trinajstić information content (AvgIpc) is 3.46. The van der Waals surface area contributed by atoms with Crippen molar-refractivity contribution in [2.24, 2.45) is 17.8 Å². The SMILES string of the molecule is [2H]C1(c2cc3n(n2)CC[C@@]32CCN(Cc3nccn3C)C2)C=NC(N)=C(C(F)(F)F)C1. The average molecular weight is 420 g/mol. The summed E-state index contributed by atoms with van der Waals surface area (Å²) in [6.45, 7) is 3.20. The van der Waals surface area contributed by atoms with Crippen LogP contribution in [0.3, 0.4) is 0 Å². The van der Waals surface area contributed by atoms with Crippen molar-refractivity contribution in [2.75, 3.05) is 13.1 Å². The molecule has 2 N–H and O–H groups in total. The van der Waals surface area contributed by atoms with E-state index in [1.807, 2.05) is 28.6 Å². The summed E-state index contributed by atoms with van der Waals surface area (Å²) in [6, 6.07) is 1.81. The monoisotopic (exact) mass is 420 g/mol. The van der Waals surface area contributed by atoms with Crippen LogP contribution >= 0.6 is 0 Å². The quantitative estimate of drug-likeness (QED) is 0.828. The summed E-state index contributed by atoms with van der Waals surface area (Å²) in [5.74, 6) is -1.26. The smallest absolute Gasteiger partial charge is 0.383 e. The Labute approximate surface area is 173 Å². The largest absolute Gasteiger partial charge is 0.416 e. The highest BCUT2D eigenvalue weighted by molar-refractivity contribution is 5.71. The van der Waals surface area contributed by atoms with Crippen molar-refractivity contribution in [3.63, 3.8) is 0 Å². The van der Waals surface area contributed by atoms with Gasteiger partial charge in [-0.15, -0.1) is 0 Å². The van der Waals surface area contributed by atoms with Gasteiger partial charge in [-0.1, -0.05) is 0 Å². The standard InChI is InChI=1S/C20H24F3N7/c1-28-7-4-25-17(28)11-29-5-2-19(12-29)3-6-30-16(19)9-15(27-30)13-8-14(20(21,22)23)18(24)26-10-13/h4,7,9-10,13H,2-3,5-6,8,11-12,24H2,1H3/t13?,19-/m1/s1/i13D. The molecule has 0 saturated carbocycles. The summed E-state index contributed by atoms with van der Waals surface area (Å²) in [7, 11) is 1.97.